The first-order chi connectivity index (χ1) is 15.8. The first-order valence-corrected chi connectivity index (χ1v) is 10.6. The Kier molecular flexibility index (Phi) is 6.24. The summed E-state index contributed by atoms with van der Waals surface area (Å²) in [7, 11) is 3.08. The van der Waals surface area contributed by atoms with Crippen molar-refractivity contribution in [2.24, 2.45) is 0 Å². The van der Waals surface area contributed by atoms with E-state index in [0.29, 0.717) is 38.9 Å². The molecule has 0 radical (unpaired) electrons. The first-order valence-electron chi connectivity index (χ1n) is 10.2. The molecule has 0 unspecified atom stereocenters. The lowest BCUT2D eigenvalue weighted by molar-refractivity contribution is -0.116. The van der Waals surface area contributed by atoms with Crippen LogP contribution in [0.25, 0.3) is 11.1 Å². The van der Waals surface area contributed by atoms with Crippen LogP contribution in [0.4, 0.5) is 10.1 Å². The molecule has 0 spiro atoms. The summed E-state index contributed by atoms with van der Waals surface area (Å²) >= 11 is 6.37. The average Bonchev–Trinajstić information content (AvgIpc) is 2.89. The van der Waals surface area contributed by atoms with Crippen molar-refractivity contribution in [1.82, 2.24) is 4.90 Å². The van der Waals surface area contributed by atoms with Gasteiger partial charge in [-0.3, -0.25) is 9.59 Å². The molecule has 3 aromatic carbocycles. The van der Waals surface area contributed by atoms with E-state index in [2.05, 4.69) is 5.32 Å². The minimum Gasteiger partial charge on any atom is -0.497 e. The Hall–Kier alpha value is -3.58. The number of halogens is 2. The Morgan fingerprint density at radius 3 is 2.27 bits per heavy atom. The number of nitrogens with zero attached hydrogens (tertiary/aromatic N) is 1. The van der Waals surface area contributed by atoms with E-state index in [-0.39, 0.29) is 36.3 Å². The number of fused-ring (bicyclic) bond motifs is 1. The Morgan fingerprint density at radius 2 is 1.64 bits per heavy atom. The predicted octanol–water partition coefficient (Wildman–Crippen LogP) is 5.07. The Bertz CT molecular complexity index is 1240. The van der Waals surface area contributed by atoms with Gasteiger partial charge in [0.05, 0.1) is 25.5 Å². The van der Waals surface area contributed by atoms with Crippen LogP contribution in [0.3, 0.4) is 0 Å². The van der Waals surface area contributed by atoms with Gasteiger partial charge in [-0.25, -0.2) is 4.39 Å². The molecule has 0 fully saturated rings. The fourth-order valence-corrected chi connectivity index (χ4v) is 4.17. The number of nitrogens with one attached hydrogen (secondary N) is 1. The molecular weight excluding hydrogens is 447 g/mol. The number of benzene rings is 3. The van der Waals surface area contributed by atoms with Crippen LogP contribution in [0, 0.1) is 12.7 Å². The minimum atomic E-state index is -0.371. The molecule has 0 bridgehead atoms. The average molecular weight is 469 g/mol. The number of carbonyl (C=O) groups excluding carboxylic acids is 2. The quantitative estimate of drug-likeness (QED) is 0.568. The van der Waals surface area contributed by atoms with Crippen molar-refractivity contribution >= 4 is 29.1 Å². The summed E-state index contributed by atoms with van der Waals surface area (Å²) in [6, 6.07) is 12.8. The highest BCUT2D eigenvalue weighted by Gasteiger charge is 2.29. The van der Waals surface area contributed by atoms with Crippen molar-refractivity contribution in [3.05, 3.63) is 76.1 Å². The zero-order valence-corrected chi connectivity index (χ0v) is 19.1. The van der Waals surface area contributed by atoms with Crippen molar-refractivity contribution in [1.29, 1.82) is 0 Å². The number of carbonyl (C=O) groups is 2. The van der Waals surface area contributed by atoms with Gasteiger partial charge in [0.1, 0.15) is 23.9 Å². The maximum atomic E-state index is 13.7. The highest BCUT2D eigenvalue weighted by Crippen LogP contribution is 2.38. The summed E-state index contributed by atoms with van der Waals surface area (Å²) in [5, 5.41) is 3.18. The molecular formula is C25H22ClFN2O4. The lowest BCUT2D eigenvalue weighted by atomic mass is 9.96. The highest BCUT2D eigenvalue weighted by atomic mass is 35.5. The molecule has 170 valence electrons. The van der Waals surface area contributed by atoms with Crippen LogP contribution < -0.4 is 14.8 Å². The van der Waals surface area contributed by atoms with E-state index in [1.165, 1.54) is 23.1 Å². The van der Waals surface area contributed by atoms with Gasteiger partial charge in [0.25, 0.3) is 5.91 Å². The Morgan fingerprint density at radius 1 is 0.970 bits per heavy atom. The molecule has 0 saturated heterocycles. The molecule has 2 amide bonds. The highest BCUT2D eigenvalue weighted by molar-refractivity contribution is 6.32. The van der Waals surface area contributed by atoms with Crippen LogP contribution in [-0.4, -0.2) is 37.5 Å². The second-order valence-corrected chi connectivity index (χ2v) is 8.20. The van der Waals surface area contributed by atoms with Gasteiger partial charge in [0.15, 0.2) is 0 Å². The van der Waals surface area contributed by atoms with Crippen LogP contribution in [0.15, 0.2) is 48.5 Å². The summed E-state index contributed by atoms with van der Waals surface area (Å²) in [5.74, 6) is 0.0838. The zero-order chi connectivity index (χ0) is 23.7. The van der Waals surface area contributed by atoms with Crippen LogP contribution in [0.2, 0.25) is 5.02 Å². The van der Waals surface area contributed by atoms with Gasteiger partial charge >= 0.3 is 0 Å². The number of hydrogen-bond donors (Lipinski definition) is 1. The van der Waals surface area contributed by atoms with Crippen LogP contribution in [0.5, 0.6) is 11.5 Å². The summed E-state index contributed by atoms with van der Waals surface area (Å²) in [6.45, 7) is 1.78. The molecule has 0 aromatic heterocycles. The van der Waals surface area contributed by atoms with Crippen molar-refractivity contribution in [2.75, 3.05) is 26.1 Å². The molecule has 1 heterocycles. The Labute approximate surface area is 195 Å². The molecule has 1 aliphatic heterocycles. The Balaban J connectivity index is 1.78. The molecule has 1 N–H and O–H groups in total. The van der Waals surface area contributed by atoms with Crippen molar-refractivity contribution in [2.45, 2.75) is 13.5 Å². The van der Waals surface area contributed by atoms with E-state index >= 15 is 0 Å². The first kappa shape index (κ1) is 22.6. The second kappa shape index (κ2) is 9.11. The number of aryl methyl sites for hydroxylation is 1. The van der Waals surface area contributed by atoms with Crippen LogP contribution >= 0.6 is 11.6 Å². The largest absolute Gasteiger partial charge is 0.497 e. The number of ether oxygens (including phenoxy) is 2. The van der Waals surface area contributed by atoms with Gasteiger partial charge in [-0.1, -0.05) is 17.7 Å². The van der Waals surface area contributed by atoms with Crippen LogP contribution in [0.1, 0.15) is 21.5 Å². The third kappa shape index (κ3) is 4.64. The lowest BCUT2D eigenvalue weighted by Crippen LogP contribution is -2.34. The normalized spacial score (nSPS) is 13.3. The third-order valence-corrected chi connectivity index (χ3v) is 5.70. The molecule has 0 atom stereocenters. The molecule has 3 aromatic rings. The van der Waals surface area contributed by atoms with Gasteiger partial charge in [-0.15, -0.1) is 0 Å². The lowest BCUT2D eigenvalue weighted by Gasteiger charge is -2.21. The van der Waals surface area contributed by atoms with Gasteiger partial charge in [0, 0.05) is 23.2 Å². The van der Waals surface area contributed by atoms with Crippen molar-refractivity contribution in [3.63, 3.8) is 0 Å². The summed E-state index contributed by atoms with van der Waals surface area (Å²) in [6.07, 6.45) is 0. The standard InChI is InChI=1S/C25H22ClFN2O4/c1-14-6-17(27)4-5-20(14)21-9-16(26)10-22-24(21)28-23(30)13-29(25(22)31)12-15-7-18(32-2)11-19(8-15)33-3/h4-11H,12-13H2,1-3H3,(H,28,30). The topological polar surface area (TPSA) is 67.9 Å². The monoisotopic (exact) mass is 468 g/mol. The summed E-state index contributed by atoms with van der Waals surface area (Å²) in [4.78, 5) is 27.8. The van der Waals surface area contributed by atoms with Crippen molar-refractivity contribution < 1.29 is 23.5 Å². The van der Waals surface area contributed by atoms with E-state index in [4.69, 9.17) is 21.1 Å². The molecule has 1 aliphatic rings. The predicted molar refractivity (Wildman–Crippen MR) is 124 cm³/mol. The van der Waals surface area contributed by atoms with E-state index in [1.807, 2.05) is 0 Å². The molecule has 8 heteroatoms. The van der Waals surface area contributed by atoms with Crippen LogP contribution in [-0.2, 0) is 11.3 Å². The molecule has 33 heavy (non-hydrogen) atoms. The maximum absolute atomic E-state index is 13.7. The van der Waals surface area contributed by atoms with Crippen molar-refractivity contribution in [3.8, 4) is 22.6 Å². The van der Waals surface area contributed by atoms with E-state index in [9.17, 15) is 14.0 Å². The fourth-order valence-electron chi connectivity index (χ4n) is 3.95. The third-order valence-electron chi connectivity index (χ3n) is 5.48. The van der Waals surface area contributed by atoms with E-state index < -0.39 is 0 Å². The maximum Gasteiger partial charge on any atom is 0.256 e. The number of anilines is 1. The number of rotatable bonds is 5. The molecule has 4 rings (SSSR count). The van der Waals surface area contributed by atoms with E-state index in [0.717, 1.165) is 5.56 Å². The zero-order valence-electron chi connectivity index (χ0n) is 18.4. The van der Waals surface area contributed by atoms with E-state index in [1.54, 1.807) is 51.5 Å². The van der Waals surface area contributed by atoms with Gasteiger partial charge < -0.3 is 19.7 Å². The number of hydrogen-bond acceptors (Lipinski definition) is 4. The second-order valence-electron chi connectivity index (χ2n) is 7.77. The molecule has 0 saturated carbocycles. The minimum absolute atomic E-state index is 0.146. The molecule has 6 nitrogen and oxygen atoms in total. The van der Waals surface area contributed by atoms with Gasteiger partial charge in [-0.2, -0.15) is 0 Å². The van der Waals surface area contributed by atoms with Gasteiger partial charge in [0.2, 0.25) is 5.91 Å². The smallest absolute Gasteiger partial charge is 0.256 e. The SMILES string of the molecule is COc1cc(CN2CC(=O)Nc3c(cc(Cl)cc3-c3ccc(F)cc3C)C2=O)cc(OC)c1. The summed E-state index contributed by atoms with van der Waals surface area (Å²) < 4.78 is 24.3. The van der Waals surface area contributed by atoms with Gasteiger partial charge in [-0.05, 0) is 60.0 Å². The number of amides is 2. The fraction of sp³-hybridized carbons (Fsp3) is 0.200. The molecule has 0 aliphatic carbocycles. The number of methoxy groups -OCH3 is 2. The summed E-state index contributed by atoms with van der Waals surface area (Å²) in [5.41, 5.74) is 3.26.